The number of nitrogens with one attached hydrogen (secondary N) is 1. The Morgan fingerprint density at radius 1 is 1.22 bits per heavy atom. The average Bonchev–Trinajstić information content (AvgIpc) is 3.21. The minimum atomic E-state index is -0.229. The molecule has 2 heterocycles. The number of hydrogen-bond donors (Lipinski definition) is 3. The lowest BCUT2D eigenvalue weighted by Crippen LogP contribution is -2.18. The largest absolute Gasteiger partial charge is 0.444 e. The quantitative estimate of drug-likeness (QED) is 0.580. The second-order valence-electron chi connectivity index (χ2n) is 6.41. The first-order chi connectivity index (χ1) is 13.1. The van der Waals surface area contributed by atoms with Gasteiger partial charge in [0.1, 0.15) is 11.6 Å². The Hall–Kier alpha value is -2.51. The van der Waals surface area contributed by atoms with Crippen LogP contribution in [0, 0.1) is 5.92 Å². The molecule has 2 aromatic heterocycles. The van der Waals surface area contributed by atoms with Crippen LogP contribution in [0.3, 0.4) is 0 Å². The van der Waals surface area contributed by atoms with E-state index in [2.05, 4.69) is 34.1 Å². The lowest BCUT2D eigenvalue weighted by atomic mass is 10.0. The van der Waals surface area contributed by atoms with Gasteiger partial charge in [0.05, 0.1) is 24.4 Å². The number of hydrogen-bond acceptors (Lipinski definition) is 7. The molecule has 0 radical (unpaired) electrons. The van der Waals surface area contributed by atoms with E-state index in [4.69, 9.17) is 15.3 Å². The molecule has 1 unspecified atom stereocenters. The van der Waals surface area contributed by atoms with Crippen LogP contribution in [-0.2, 0) is 0 Å². The number of aliphatic hydroxyl groups is 1. The zero-order chi connectivity index (χ0) is 19.8. The van der Waals surface area contributed by atoms with E-state index in [1.54, 1.807) is 6.20 Å². The van der Waals surface area contributed by atoms with Crippen LogP contribution in [0.2, 0.25) is 0 Å². The third kappa shape index (κ3) is 5.24. The van der Waals surface area contributed by atoms with E-state index in [1.807, 2.05) is 32.0 Å². The van der Waals surface area contributed by atoms with Crippen LogP contribution in [0.4, 0.5) is 5.82 Å². The summed E-state index contributed by atoms with van der Waals surface area (Å²) in [5.41, 5.74) is 7.95. The van der Waals surface area contributed by atoms with E-state index in [1.165, 1.54) is 6.39 Å². The Balaban J connectivity index is 0.00000126. The Bertz CT molecular complexity index is 834. The molecule has 1 aromatic carbocycles. The minimum Gasteiger partial charge on any atom is -0.444 e. The van der Waals surface area contributed by atoms with Gasteiger partial charge < -0.3 is 20.6 Å². The van der Waals surface area contributed by atoms with Crippen molar-refractivity contribution in [3.63, 3.8) is 0 Å². The monoisotopic (exact) mass is 371 g/mol. The molecule has 7 heteroatoms. The Kier molecular flexibility index (Phi) is 7.69. The lowest BCUT2D eigenvalue weighted by Gasteiger charge is -2.16. The van der Waals surface area contributed by atoms with Gasteiger partial charge in [0.2, 0.25) is 0 Å². The van der Waals surface area contributed by atoms with Crippen molar-refractivity contribution in [2.24, 2.45) is 11.7 Å². The summed E-state index contributed by atoms with van der Waals surface area (Å²) in [6.45, 7) is 8.66. The zero-order valence-electron chi connectivity index (χ0n) is 16.4. The number of aliphatic hydroxyl groups excluding tert-OH is 1. The average molecular weight is 371 g/mol. The van der Waals surface area contributed by atoms with Gasteiger partial charge in [0, 0.05) is 17.5 Å². The van der Waals surface area contributed by atoms with Crippen molar-refractivity contribution in [3.05, 3.63) is 36.6 Å². The predicted molar refractivity (Wildman–Crippen MR) is 108 cm³/mol. The molecule has 0 spiro atoms. The molecule has 0 saturated carbocycles. The number of aromatic nitrogens is 3. The van der Waals surface area contributed by atoms with Crippen molar-refractivity contribution < 1.29 is 9.52 Å². The zero-order valence-corrected chi connectivity index (χ0v) is 16.4. The Labute approximate surface area is 160 Å². The highest BCUT2D eigenvalue weighted by Gasteiger charge is 2.16. The van der Waals surface area contributed by atoms with Gasteiger partial charge in [-0.3, -0.25) is 0 Å². The Morgan fingerprint density at radius 3 is 2.63 bits per heavy atom. The van der Waals surface area contributed by atoms with Crippen molar-refractivity contribution in [1.29, 1.82) is 0 Å². The van der Waals surface area contributed by atoms with E-state index < -0.39 is 0 Å². The first kappa shape index (κ1) is 20.8. The van der Waals surface area contributed by atoms with Gasteiger partial charge in [0.25, 0.3) is 0 Å². The van der Waals surface area contributed by atoms with Crippen LogP contribution >= 0.6 is 0 Å². The molecule has 3 aromatic rings. The fourth-order valence-corrected chi connectivity index (χ4v) is 2.75. The molecule has 0 aliphatic heterocycles. The molecule has 0 amide bonds. The molecular weight excluding hydrogens is 342 g/mol. The standard InChI is InChI=1S/C18H23N5O2.C2H6/c1-11(2)7-14(19)18-22-15-4-3-12(16-9-20-10-25-16)8-13(15)17(23-18)21-5-6-24;1-2/h3-4,8-11,14,24H,5-7,19H2,1-2H3,(H,21,22,23);1-2H3. The second-order valence-corrected chi connectivity index (χ2v) is 6.41. The van der Waals surface area contributed by atoms with Crippen LogP contribution in [0.5, 0.6) is 0 Å². The number of anilines is 1. The van der Waals surface area contributed by atoms with Gasteiger partial charge in [-0.25, -0.2) is 15.0 Å². The molecule has 7 nitrogen and oxygen atoms in total. The SMILES string of the molecule is CC.CC(C)CC(N)c1nc(NCCO)c2cc(-c3cnco3)ccc2n1. The third-order valence-corrected chi connectivity index (χ3v) is 3.89. The van der Waals surface area contributed by atoms with Crippen LogP contribution in [0.1, 0.15) is 46.0 Å². The van der Waals surface area contributed by atoms with Crippen molar-refractivity contribution in [2.45, 2.75) is 40.2 Å². The molecule has 4 N–H and O–H groups in total. The summed E-state index contributed by atoms with van der Waals surface area (Å²) >= 11 is 0. The van der Waals surface area contributed by atoms with Crippen molar-refractivity contribution in [2.75, 3.05) is 18.5 Å². The maximum Gasteiger partial charge on any atom is 0.181 e. The summed E-state index contributed by atoms with van der Waals surface area (Å²) in [5, 5.41) is 13.2. The third-order valence-electron chi connectivity index (χ3n) is 3.89. The maximum atomic E-state index is 9.15. The van der Waals surface area contributed by atoms with Crippen molar-refractivity contribution in [1.82, 2.24) is 15.0 Å². The highest BCUT2D eigenvalue weighted by Crippen LogP contribution is 2.29. The van der Waals surface area contributed by atoms with Gasteiger partial charge in [-0.1, -0.05) is 27.7 Å². The van der Waals surface area contributed by atoms with Gasteiger partial charge in [-0.15, -0.1) is 0 Å². The number of rotatable bonds is 7. The second kappa shape index (κ2) is 9.99. The van der Waals surface area contributed by atoms with Crippen molar-refractivity contribution in [3.8, 4) is 11.3 Å². The molecule has 0 saturated heterocycles. The first-order valence-corrected chi connectivity index (χ1v) is 9.39. The lowest BCUT2D eigenvalue weighted by molar-refractivity contribution is 0.311. The number of oxazole rings is 1. The van der Waals surface area contributed by atoms with E-state index in [-0.39, 0.29) is 12.6 Å². The molecule has 0 bridgehead atoms. The highest BCUT2D eigenvalue weighted by atomic mass is 16.3. The van der Waals surface area contributed by atoms with E-state index in [0.717, 1.165) is 22.9 Å². The van der Waals surface area contributed by atoms with E-state index in [0.29, 0.717) is 29.9 Å². The summed E-state index contributed by atoms with van der Waals surface area (Å²) in [4.78, 5) is 13.2. The van der Waals surface area contributed by atoms with Crippen LogP contribution < -0.4 is 11.1 Å². The summed E-state index contributed by atoms with van der Waals surface area (Å²) in [6, 6.07) is 5.58. The van der Waals surface area contributed by atoms with Crippen LogP contribution in [0.15, 0.2) is 35.2 Å². The number of nitrogens with two attached hydrogens (primary N) is 1. The molecular formula is C20H29N5O2. The van der Waals surface area contributed by atoms with Gasteiger partial charge in [-0.05, 0) is 30.5 Å². The van der Waals surface area contributed by atoms with E-state index in [9.17, 15) is 0 Å². The fourth-order valence-electron chi connectivity index (χ4n) is 2.75. The van der Waals surface area contributed by atoms with Gasteiger partial charge >= 0.3 is 0 Å². The number of benzene rings is 1. The summed E-state index contributed by atoms with van der Waals surface area (Å²) in [6.07, 6.45) is 3.87. The van der Waals surface area contributed by atoms with E-state index >= 15 is 0 Å². The number of nitrogens with zero attached hydrogens (tertiary/aromatic N) is 3. The fraction of sp³-hybridized carbons (Fsp3) is 0.450. The minimum absolute atomic E-state index is 0.0146. The molecule has 1 atom stereocenters. The first-order valence-electron chi connectivity index (χ1n) is 9.39. The molecule has 0 aliphatic carbocycles. The van der Waals surface area contributed by atoms with Crippen LogP contribution in [0.25, 0.3) is 22.2 Å². The molecule has 0 fully saturated rings. The Morgan fingerprint density at radius 2 is 2.00 bits per heavy atom. The summed E-state index contributed by atoms with van der Waals surface area (Å²) in [7, 11) is 0. The summed E-state index contributed by atoms with van der Waals surface area (Å²) in [5.74, 6) is 2.40. The normalized spacial score (nSPS) is 12.0. The highest BCUT2D eigenvalue weighted by molar-refractivity contribution is 5.92. The van der Waals surface area contributed by atoms with Gasteiger partial charge in [-0.2, -0.15) is 0 Å². The molecule has 0 aliphatic rings. The predicted octanol–water partition coefficient (Wildman–Crippen LogP) is 3.76. The number of fused-ring (bicyclic) bond motifs is 1. The summed E-state index contributed by atoms with van der Waals surface area (Å²) < 4.78 is 5.36. The van der Waals surface area contributed by atoms with Crippen molar-refractivity contribution >= 4 is 16.7 Å². The van der Waals surface area contributed by atoms with Gasteiger partial charge in [0.15, 0.2) is 12.2 Å². The smallest absolute Gasteiger partial charge is 0.181 e. The molecule has 3 rings (SSSR count). The van der Waals surface area contributed by atoms with Crippen LogP contribution in [-0.4, -0.2) is 33.2 Å². The molecule has 146 valence electrons. The maximum absolute atomic E-state index is 9.15. The topological polar surface area (TPSA) is 110 Å². The molecule has 27 heavy (non-hydrogen) atoms.